The standard InChI is InChI=1S/C20H26N4O2.HI/c1-15-6-4-7-17(12-15)14-23-20(21-3)22-10-11-26-19-9-5-8-18(13-19)24-16(2)25;/h4-9,12-13H,10-11,14H2,1-3H3,(H,24,25)(H2,21,22,23);1H. The molecule has 0 saturated heterocycles. The van der Waals surface area contributed by atoms with Crippen molar-refractivity contribution < 1.29 is 9.53 Å². The van der Waals surface area contributed by atoms with Gasteiger partial charge >= 0.3 is 0 Å². The van der Waals surface area contributed by atoms with Crippen molar-refractivity contribution in [1.29, 1.82) is 0 Å². The van der Waals surface area contributed by atoms with E-state index in [1.54, 1.807) is 13.1 Å². The zero-order valence-corrected chi connectivity index (χ0v) is 18.2. The van der Waals surface area contributed by atoms with Crippen molar-refractivity contribution in [3.05, 3.63) is 59.7 Å². The Morgan fingerprint density at radius 2 is 1.89 bits per heavy atom. The van der Waals surface area contributed by atoms with Crippen LogP contribution in [0.1, 0.15) is 18.1 Å². The van der Waals surface area contributed by atoms with Crippen LogP contribution >= 0.6 is 24.0 Å². The van der Waals surface area contributed by atoms with Gasteiger partial charge in [0.2, 0.25) is 5.91 Å². The Bertz CT molecular complexity index is 765. The van der Waals surface area contributed by atoms with Gasteiger partial charge in [-0.2, -0.15) is 0 Å². The molecule has 0 aliphatic heterocycles. The third-order valence-corrected chi connectivity index (χ3v) is 3.58. The number of hydrogen-bond donors (Lipinski definition) is 3. The molecule has 0 saturated carbocycles. The minimum Gasteiger partial charge on any atom is -0.492 e. The molecule has 146 valence electrons. The van der Waals surface area contributed by atoms with Crippen molar-refractivity contribution in [2.24, 2.45) is 4.99 Å². The average molecular weight is 482 g/mol. The molecule has 7 heteroatoms. The van der Waals surface area contributed by atoms with Gasteiger partial charge in [0.25, 0.3) is 0 Å². The molecule has 0 aliphatic rings. The number of carbonyl (C=O) groups is 1. The molecule has 0 aromatic heterocycles. The van der Waals surface area contributed by atoms with E-state index in [2.05, 4.69) is 46.1 Å². The Kier molecular flexibility index (Phi) is 10.2. The van der Waals surface area contributed by atoms with E-state index in [1.807, 2.05) is 24.3 Å². The topological polar surface area (TPSA) is 74.8 Å². The number of carbonyl (C=O) groups excluding carboxylic acids is 1. The maximum Gasteiger partial charge on any atom is 0.221 e. The van der Waals surface area contributed by atoms with E-state index in [4.69, 9.17) is 4.74 Å². The Balaban J connectivity index is 0.00000364. The number of benzene rings is 2. The van der Waals surface area contributed by atoms with Gasteiger partial charge in [0.05, 0.1) is 6.54 Å². The molecule has 0 unspecified atom stereocenters. The largest absolute Gasteiger partial charge is 0.492 e. The van der Waals surface area contributed by atoms with Gasteiger partial charge in [-0.25, -0.2) is 0 Å². The molecule has 0 fully saturated rings. The van der Waals surface area contributed by atoms with Gasteiger partial charge in [0, 0.05) is 32.3 Å². The average Bonchev–Trinajstić information content (AvgIpc) is 2.61. The number of halogens is 1. The highest BCUT2D eigenvalue weighted by atomic mass is 127. The number of amides is 1. The monoisotopic (exact) mass is 482 g/mol. The lowest BCUT2D eigenvalue weighted by Crippen LogP contribution is -2.38. The fourth-order valence-electron chi connectivity index (χ4n) is 2.43. The molecule has 27 heavy (non-hydrogen) atoms. The van der Waals surface area contributed by atoms with E-state index in [1.165, 1.54) is 18.1 Å². The molecule has 2 aromatic rings. The van der Waals surface area contributed by atoms with Crippen LogP contribution < -0.4 is 20.7 Å². The molecular formula is C20H27IN4O2. The van der Waals surface area contributed by atoms with E-state index >= 15 is 0 Å². The molecule has 6 nitrogen and oxygen atoms in total. The Morgan fingerprint density at radius 1 is 1.11 bits per heavy atom. The van der Waals surface area contributed by atoms with Crippen LogP contribution in [0.3, 0.4) is 0 Å². The number of guanidine groups is 1. The molecule has 3 N–H and O–H groups in total. The number of rotatable bonds is 7. The van der Waals surface area contributed by atoms with Gasteiger partial charge in [-0.3, -0.25) is 9.79 Å². The summed E-state index contributed by atoms with van der Waals surface area (Å²) >= 11 is 0. The molecule has 0 atom stereocenters. The highest BCUT2D eigenvalue weighted by Gasteiger charge is 2.01. The number of nitrogens with zero attached hydrogens (tertiary/aromatic N) is 1. The summed E-state index contributed by atoms with van der Waals surface area (Å²) in [6, 6.07) is 15.7. The fourth-order valence-corrected chi connectivity index (χ4v) is 2.43. The minimum absolute atomic E-state index is 0. The molecule has 2 aromatic carbocycles. The Labute approximate surface area is 177 Å². The highest BCUT2D eigenvalue weighted by Crippen LogP contribution is 2.17. The van der Waals surface area contributed by atoms with Crippen LogP contribution in [0.15, 0.2) is 53.5 Å². The normalized spacial score (nSPS) is 10.6. The van der Waals surface area contributed by atoms with Crippen LogP contribution in [0, 0.1) is 6.92 Å². The van der Waals surface area contributed by atoms with Crippen molar-refractivity contribution in [2.75, 3.05) is 25.5 Å². The predicted molar refractivity (Wildman–Crippen MR) is 121 cm³/mol. The van der Waals surface area contributed by atoms with Gasteiger partial charge in [-0.15, -0.1) is 24.0 Å². The summed E-state index contributed by atoms with van der Waals surface area (Å²) in [6.45, 7) is 5.36. The summed E-state index contributed by atoms with van der Waals surface area (Å²) in [6.07, 6.45) is 0. The van der Waals surface area contributed by atoms with Crippen molar-refractivity contribution in [3.63, 3.8) is 0 Å². The van der Waals surface area contributed by atoms with E-state index in [-0.39, 0.29) is 29.9 Å². The fraction of sp³-hybridized carbons (Fsp3) is 0.300. The molecule has 0 bridgehead atoms. The summed E-state index contributed by atoms with van der Waals surface area (Å²) < 4.78 is 5.71. The lowest BCUT2D eigenvalue weighted by atomic mass is 10.1. The molecule has 2 rings (SSSR count). The van der Waals surface area contributed by atoms with Crippen LogP contribution in [0.25, 0.3) is 0 Å². The van der Waals surface area contributed by atoms with Crippen LogP contribution in [0.2, 0.25) is 0 Å². The Morgan fingerprint density at radius 3 is 2.59 bits per heavy atom. The lowest BCUT2D eigenvalue weighted by molar-refractivity contribution is -0.114. The second-order valence-electron chi connectivity index (χ2n) is 5.90. The van der Waals surface area contributed by atoms with Crippen LogP contribution in [-0.2, 0) is 11.3 Å². The lowest BCUT2D eigenvalue weighted by Gasteiger charge is -2.13. The first kappa shape index (κ1) is 22.8. The quantitative estimate of drug-likeness (QED) is 0.245. The van der Waals surface area contributed by atoms with Crippen LogP contribution in [0.5, 0.6) is 5.75 Å². The van der Waals surface area contributed by atoms with Crippen molar-refractivity contribution in [1.82, 2.24) is 10.6 Å². The van der Waals surface area contributed by atoms with Crippen molar-refractivity contribution in [2.45, 2.75) is 20.4 Å². The van der Waals surface area contributed by atoms with Crippen molar-refractivity contribution >= 4 is 41.5 Å². The third-order valence-electron chi connectivity index (χ3n) is 3.58. The molecule has 1 amide bonds. The van der Waals surface area contributed by atoms with E-state index in [9.17, 15) is 4.79 Å². The summed E-state index contributed by atoms with van der Waals surface area (Å²) in [5, 5.41) is 9.23. The number of aliphatic imine (C=N–C) groups is 1. The molecule has 0 heterocycles. The first-order valence-corrected chi connectivity index (χ1v) is 8.57. The van der Waals surface area contributed by atoms with Gasteiger partial charge in [-0.05, 0) is 24.6 Å². The van der Waals surface area contributed by atoms with Gasteiger partial charge in [0.15, 0.2) is 5.96 Å². The smallest absolute Gasteiger partial charge is 0.221 e. The number of ether oxygens (including phenoxy) is 1. The summed E-state index contributed by atoms with van der Waals surface area (Å²) in [5.41, 5.74) is 3.17. The van der Waals surface area contributed by atoms with E-state index < -0.39 is 0 Å². The summed E-state index contributed by atoms with van der Waals surface area (Å²) in [4.78, 5) is 15.3. The van der Waals surface area contributed by atoms with Gasteiger partial charge in [-0.1, -0.05) is 35.9 Å². The SMILES string of the molecule is CN=C(NCCOc1cccc(NC(C)=O)c1)NCc1cccc(C)c1.I. The Hall–Kier alpha value is -2.29. The zero-order chi connectivity index (χ0) is 18.8. The van der Waals surface area contributed by atoms with E-state index in [0.29, 0.717) is 25.4 Å². The zero-order valence-electron chi connectivity index (χ0n) is 15.9. The second-order valence-corrected chi connectivity index (χ2v) is 5.90. The van der Waals surface area contributed by atoms with E-state index in [0.717, 1.165) is 11.6 Å². The van der Waals surface area contributed by atoms with Gasteiger partial charge in [0.1, 0.15) is 12.4 Å². The second kappa shape index (κ2) is 12.2. The first-order valence-electron chi connectivity index (χ1n) is 8.57. The minimum atomic E-state index is -0.104. The third kappa shape index (κ3) is 8.76. The predicted octanol–water partition coefficient (Wildman–Crippen LogP) is 3.32. The van der Waals surface area contributed by atoms with Crippen LogP contribution in [-0.4, -0.2) is 32.1 Å². The summed E-state index contributed by atoms with van der Waals surface area (Å²) in [5.74, 6) is 1.33. The molecule has 0 aliphatic carbocycles. The molecular weight excluding hydrogens is 455 g/mol. The number of anilines is 1. The van der Waals surface area contributed by atoms with Crippen LogP contribution in [0.4, 0.5) is 5.69 Å². The maximum absolute atomic E-state index is 11.1. The number of aryl methyl sites for hydroxylation is 1. The molecule has 0 radical (unpaired) electrons. The highest BCUT2D eigenvalue weighted by molar-refractivity contribution is 14.0. The van der Waals surface area contributed by atoms with Gasteiger partial charge < -0.3 is 20.7 Å². The first-order chi connectivity index (χ1) is 12.6. The number of hydrogen-bond acceptors (Lipinski definition) is 3. The van der Waals surface area contributed by atoms with Crippen molar-refractivity contribution in [3.8, 4) is 5.75 Å². The number of nitrogens with one attached hydrogen (secondary N) is 3. The molecule has 0 spiro atoms. The summed E-state index contributed by atoms with van der Waals surface area (Å²) in [7, 11) is 1.74. The maximum atomic E-state index is 11.1.